The average molecular weight is 271 g/mol. The number of aromatic nitrogens is 2. The van der Waals surface area contributed by atoms with Gasteiger partial charge >= 0.3 is 0 Å². The summed E-state index contributed by atoms with van der Waals surface area (Å²) in [5, 5.41) is 0. The van der Waals surface area contributed by atoms with Crippen molar-refractivity contribution in [3.05, 3.63) is 24.0 Å². The van der Waals surface area contributed by atoms with Crippen molar-refractivity contribution in [2.24, 2.45) is 5.41 Å². The maximum atomic E-state index is 5.89. The SMILES string of the molecule is CCc1nc2cc(N)ccc2n1CC1(C)CCCCC1. The molecule has 1 fully saturated rings. The molecule has 1 saturated carbocycles. The zero-order chi connectivity index (χ0) is 14.2. The fourth-order valence-electron chi connectivity index (χ4n) is 3.59. The van der Waals surface area contributed by atoms with E-state index < -0.39 is 0 Å². The zero-order valence-corrected chi connectivity index (χ0v) is 12.7. The Morgan fingerprint density at radius 3 is 2.70 bits per heavy atom. The first-order valence-corrected chi connectivity index (χ1v) is 7.86. The highest BCUT2D eigenvalue weighted by atomic mass is 15.1. The van der Waals surface area contributed by atoms with Crippen LogP contribution < -0.4 is 5.73 Å². The van der Waals surface area contributed by atoms with E-state index in [4.69, 9.17) is 10.7 Å². The molecule has 1 heterocycles. The molecule has 1 aromatic carbocycles. The number of fused-ring (bicyclic) bond motifs is 1. The van der Waals surface area contributed by atoms with Crippen LogP contribution in [0.5, 0.6) is 0 Å². The fourth-order valence-corrected chi connectivity index (χ4v) is 3.59. The highest BCUT2D eigenvalue weighted by Crippen LogP contribution is 2.38. The van der Waals surface area contributed by atoms with Crippen LogP contribution in [0.3, 0.4) is 0 Å². The fraction of sp³-hybridized carbons (Fsp3) is 0.588. The first-order chi connectivity index (χ1) is 9.61. The van der Waals surface area contributed by atoms with Crippen molar-refractivity contribution < 1.29 is 0 Å². The van der Waals surface area contributed by atoms with Gasteiger partial charge in [-0.3, -0.25) is 0 Å². The molecular weight excluding hydrogens is 246 g/mol. The van der Waals surface area contributed by atoms with E-state index in [1.165, 1.54) is 43.4 Å². The third-order valence-corrected chi connectivity index (χ3v) is 4.77. The van der Waals surface area contributed by atoms with E-state index in [1.807, 2.05) is 12.1 Å². The van der Waals surface area contributed by atoms with E-state index >= 15 is 0 Å². The van der Waals surface area contributed by atoms with Crippen LogP contribution in [0.4, 0.5) is 5.69 Å². The lowest BCUT2D eigenvalue weighted by Gasteiger charge is -2.34. The van der Waals surface area contributed by atoms with Crippen LogP contribution >= 0.6 is 0 Å². The van der Waals surface area contributed by atoms with Gasteiger partial charge in [0, 0.05) is 18.7 Å². The molecule has 3 heteroatoms. The third kappa shape index (κ3) is 2.41. The van der Waals surface area contributed by atoms with Crippen LogP contribution in [0, 0.1) is 5.41 Å². The summed E-state index contributed by atoms with van der Waals surface area (Å²) in [5.74, 6) is 1.19. The topological polar surface area (TPSA) is 43.8 Å². The van der Waals surface area contributed by atoms with E-state index in [0.29, 0.717) is 5.41 Å². The summed E-state index contributed by atoms with van der Waals surface area (Å²) in [6.07, 6.45) is 7.80. The van der Waals surface area contributed by atoms with Gasteiger partial charge in [-0.2, -0.15) is 0 Å². The number of rotatable bonds is 3. The van der Waals surface area contributed by atoms with Crippen molar-refractivity contribution in [3.8, 4) is 0 Å². The second-order valence-electron chi connectivity index (χ2n) is 6.59. The van der Waals surface area contributed by atoms with Gasteiger partial charge in [-0.25, -0.2) is 4.98 Å². The van der Waals surface area contributed by atoms with Gasteiger partial charge in [0.15, 0.2) is 0 Å². The first-order valence-electron chi connectivity index (χ1n) is 7.86. The normalized spacial score (nSPS) is 18.5. The molecule has 0 unspecified atom stereocenters. The largest absolute Gasteiger partial charge is 0.399 e. The number of anilines is 1. The molecule has 3 rings (SSSR count). The van der Waals surface area contributed by atoms with Gasteiger partial charge < -0.3 is 10.3 Å². The standard InChI is InChI=1S/C17H25N3/c1-3-16-19-14-11-13(18)7-8-15(14)20(16)12-17(2)9-5-4-6-10-17/h7-8,11H,3-6,9-10,12,18H2,1-2H3. The highest BCUT2D eigenvalue weighted by Gasteiger charge is 2.28. The van der Waals surface area contributed by atoms with E-state index in [9.17, 15) is 0 Å². The highest BCUT2D eigenvalue weighted by molar-refractivity contribution is 5.79. The Morgan fingerprint density at radius 2 is 2.00 bits per heavy atom. The number of hydrogen-bond acceptors (Lipinski definition) is 2. The Labute approximate surface area is 121 Å². The van der Waals surface area contributed by atoms with Crippen LogP contribution in [-0.2, 0) is 13.0 Å². The molecule has 1 aliphatic carbocycles. The van der Waals surface area contributed by atoms with Crippen LogP contribution in [0.25, 0.3) is 11.0 Å². The number of imidazole rings is 1. The Kier molecular flexibility index (Phi) is 3.45. The van der Waals surface area contributed by atoms with Gasteiger partial charge in [0.25, 0.3) is 0 Å². The molecule has 0 amide bonds. The van der Waals surface area contributed by atoms with Crippen molar-refractivity contribution in [1.29, 1.82) is 0 Å². The second kappa shape index (κ2) is 5.12. The molecule has 3 nitrogen and oxygen atoms in total. The van der Waals surface area contributed by atoms with Crippen molar-refractivity contribution in [2.75, 3.05) is 5.73 Å². The molecule has 0 aliphatic heterocycles. The van der Waals surface area contributed by atoms with Crippen LogP contribution in [0.1, 0.15) is 51.8 Å². The Bertz CT molecular complexity index is 606. The summed E-state index contributed by atoms with van der Waals surface area (Å²) in [5.41, 5.74) is 9.39. The molecule has 20 heavy (non-hydrogen) atoms. The number of hydrogen-bond donors (Lipinski definition) is 1. The lowest BCUT2D eigenvalue weighted by atomic mass is 9.75. The quantitative estimate of drug-likeness (QED) is 0.852. The summed E-state index contributed by atoms with van der Waals surface area (Å²) >= 11 is 0. The summed E-state index contributed by atoms with van der Waals surface area (Å²) < 4.78 is 2.43. The Morgan fingerprint density at radius 1 is 1.25 bits per heavy atom. The monoisotopic (exact) mass is 271 g/mol. The molecule has 2 N–H and O–H groups in total. The molecule has 1 aliphatic rings. The van der Waals surface area contributed by atoms with E-state index in [-0.39, 0.29) is 0 Å². The summed E-state index contributed by atoms with van der Waals surface area (Å²) in [6.45, 7) is 5.72. The van der Waals surface area contributed by atoms with Gasteiger partial charge in [-0.15, -0.1) is 0 Å². The second-order valence-corrected chi connectivity index (χ2v) is 6.59. The van der Waals surface area contributed by atoms with Gasteiger partial charge in [-0.1, -0.05) is 33.1 Å². The molecule has 0 atom stereocenters. The molecule has 2 aromatic rings. The molecular formula is C17H25N3. The molecule has 0 bridgehead atoms. The van der Waals surface area contributed by atoms with Crippen molar-refractivity contribution in [3.63, 3.8) is 0 Å². The predicted octanol–water partition coefficient (Wildman–Crippen LogP) is 4.15. The molecule has 108 valence electrons. The number of benzene rings is 1. The number of nitrogen functional groups attached to an aromatic ring is 1. The molecule has 1 aromatic heterocycles. The smallest absolute Gasteiger partial charge is 0.109 e. The molecule has 0 radical (unpaired) electrons. The minimum Gasteiger partial charge on any atom is -0.399 e. The van der Waals surface area contributed by atoms with Crippen LogP contribution in [0.15, 0.2) is 18.2 Å². The van der Waals surface area contributed by atoms with Gasteiger partial charge in [-0.05, 0) is 36.5 Å². The van der Waals surface area contributed by atoms with Crippen LogP contribution in [0.2, 0.25) is 0 Å². The van der Waals surface area contributed by atoms with Gasteiger partial charge in [0.2, 0.25) is 0 Å². The minimum absolute atomic E-state index is 0.428. The van der Waals surface area contributed by atoms with E-state index in [1.54, 1.807) is 0 Å². The summed E-state index contributed by atoms with van der Waals surface area (Å²) in [7, 11) is 0. The number of nitrogens with zero attached hydrogens (tertiary/aromatic N) is 2. The predicted molar refractivity (Wildman–Crippen MR) is 84.7 cm³/mol. The Hall–Kier alpha value is -1.51. The van der Waals surface area contributed by atoms with Gasteiger partial charge in [0.1, 0.15) is 5.82 Å². The zero-order valence-electron chi connectivity index (χ0n) is 12.7. The van der Waals surface area contributed by atoms with Gasteiger partial charge in [0.05, 0.1) is 11.0 Å². The summed E-state index contributed by atoms with van der Waals surface area (Å²) in [4.78, 5) is 4.77. The van der Waals surface area contributed by atoms with Crippen molar-refractivity contribution >= 4 is 16.7 Å². The lowest BCUT2D eigenvalue weighted by molar-refractivity contribution is 0.183. The maximum Gasteiger partial charge on any atom is 0.109 e. The van der Waals surface area contributed by atoms with E-state index in [2.05, 4.69) is 24.5 Å². The average Bonchev–Trinajstić information content (AvgIpc) is 2.76. The molecule has 0 spiro atoms. The van der Waals surface area contributed by atoms with Crippen LogP contribution in [-0.4, -0.2) is 9.55 Å². The first kappa shape index (κ1) is 13.5. The lowest BCUT2D eigenvalue weighted by Crippen LogP contribution is -2.26. The van der Waals surface area contributed by atoms with Crippen molar-refractivity contribution in [1.82, 2.24) is 9.55 Å². The number of aryl methyl sites for hydroxylation is 1. The Balaban J connectivity index is 2.01. The third-order valence-electron chi connectivity index (χ3n) is 4.77. The minimum atomic E-state index is 0.428. The van der Waals surface area contributed by atoms with Crippen molar-refractivity contribution in [2.45, 2.75) is 58.9 Å². The number of nitrogens with two attached hydrogens (primary N) is 1. The summed E-state index contributed by atoms with van der Waals surface area (Å²) in [6, 6.07) is 6.11. The van der Waals surface area contributed by atoms with E-state index in [0.717, 1.165) is 24.2 Å². The molecule has 0 saturated heterocycles. The maximum absolute atomic E-state index is 5.89.